The Balaban J connectivity index is 2.19. The Labute approximate surface area is 129 Å². The van der Waals surface area contributed by atoms with Gasteiger partial charge in [0.1, 0.15) is 11.8 Å². The minimum atomic E-state index is -0.891. The Bertz CT molecular complexity index is 574. The van der Waals surface area contributed by atoms with E-state index < -0.39 is 11.6 Å². The van der Waals surface area contributed by atoms with E-state index in [-0.39, 0.29) is 18.7 Å². The minimum absolute atomic E-state index is 0.0645. The van der Waals surface area contributed by atoms with Gasteiger partial charge in [-0.3, -0.25) is 9.69 Å². The van der Waals surface area contributed by atoms with Crippen LogP contribution in [0.4, 0.5) is 4.79 Å². The van der Waals surface area contributed by atoms with Crippen LogP contribution in [0.5, 0.6) is 0 Å². The van der Waals surface area contributed by atoms with Crippen molar-refractivity contribution < 1.29 is 19.4 Å². The second kappa shape index (κ2) is 5.98. The van der Waals surface area contributed by atoms with E-state index in [9.17, 15) is 9.59 Å². The number of likely N-dealkylation sites (tertiary alicyclic amines) is 1. The monoisotopic (exact) mass is 309 g/mol. The lowest BCUT2D eigenvalue weighted by atomic mass is 10.2. The van der Waals surface area contributed by atoms with E-state index >= 15 is 0 Å². The first-order valence-corrected chi connectivity index (χ1v) is 7.43. The molecule has 0 aromatic carbocycles. The second-order valence-electron chi connectivity index (χ2n) is 6.57. The molecule has 0 saturated carbocycles. The number of carbonyl (C=O) groups is 2. The van der Waals surface area contributed by atoms with Gasteiger partial charge in [0.2, 0.25) is 0 Å². The molecule has 2 heterocycles. The molecular formula is C15H23N3O4. The van der Waals surface area contributed by atoms with E-state index in [1.807, 2.05) is 27.7 Å². The topological polar surface area (TPSA) is 84.7 Å². The highest BCUT2D eigenvalue weighted by molar-refractivity contribution is 5.70. The number of nitrogens with zero attached hydrogens (tertiary/aromatic N) is 3. The summed E-state index contributed by atoms with van der Waals surface area (Å²) in [4.78, 5) is 24.8. The van der Waals surface area contributed by atoms with Gasteiger partial charge in [0.15, 0.2) is 0 Å². The fourth-order valence-electron chi connectivity index (χ4n) is 2.63. The molecule has 0 spiro atoms. The van der Waals surface area contributed by atoms with Gasteiger partial charge >= 0.3 is 12.1 Å². The smallest absolute Gasteiger partial charge is 0.411 e. The van der Waals surface area contributed by atoms with Gasteiger partial charge in [-0.05, 0) is 40.5 Å². The first-order chi connectivity index (χ1) is 10.2. The molecule has 1 aromatic rings. The number of ether oxygens (including phenoxy) is 1. The number of hydrogen-bond donors (Lipinski definition) is 1. The van der Waals surface area contributed by atoms with Gasteiger partial charge in [-0.1, -0.05) is 0 Å². The highest BCUT2D eigenvalue weighted by Gasteiger charge is 2.34. The summed E-state index contributed by atoms with van der Waals surface area (Å²) in [6.07, 6.45) is 2.59. The van der Waals surface area contributed by atoms with Crippen LogP contribution in [0.1, 0.15) is 51.0 Å². The quantitative estimate of drug-likeness (QED) is 0.926. The van der Waals surface area contributed by atoms with Crippen molar-refractivity contribution in [3.05, 3.63) is 17.5 Å². The Hall–Kier alpha value is -2.05. The van der Waals surface area contributed by atoms with Crippen LogP contribution in [0.2, 0.25) is 0 Å². The zero-order chi connectivity index (χ0) is 16.5. The molecule has 1 atom stereocenters. The number of amides is 1. The maximum atomic E-state index is 12.3. The van der Waals surface area contributed by atoms with Crippen LogP contribution >= 0.6 is 0 Å². The maximum absolute atomic E-state index is 12.3. The van der Waals surface area contributed by atoms with Gasteiger partial charge in [0.25, 0.3) is 0 Å². The number of aliphatic carboxylic acids is 1. The van der Waals surface area contributed by atoms with E-state index in [4.69, 9.17) is 9.84 Å². The fourth-order valence-corrected chi connectivity index (χ4v) is 2.63. The van der Waals surface area contributed by atoms with Crippen molar-refractivity contribution >= 4 is 12.1 Å². The summed E-state index contributed by atoms with van der Waals surface area (Å²) in [5.41, 5.74) is 0.907. The SMILES string of the molecule is Cc1c(CC(=O)O)cnn1C1CCCN1C(=O)OC(C)(C)C. The lowest BCUT2D eigenvalue weighted by molar-refractivity contribution is -0.136. The number of carboxylic acid groups (broad SMARTS) is 1. The van der Waals surface area contributed by atoms with E-state index in [1.54, 1.807) is 15.8 Å². The van der Waals surface area contributed by atoms with Crippen LogP contribution in [0.3, 0.4) is 0 Å². The zero-order valence-electron chi connectivity index (χ0n) is 13.5. The third kappa shape index (κ3) is 3.58. The van der Waals surface area contributed by atoms with E-state index in [1.165, 1.54) is 0 Å². The molecule has 0 radical (unpaired) electrons. The summed E-state index contributed by atoms with van der Waals surface area (Å²) in [6.45, 7) is 7.95. The molecule has 1 amide bonds. The molecule has 122 valence electrons. The highest BCUT2D eigenvalue weighted by atomic mass is 16.6. The molecule has 0 aliphatic carbocycles. The number of carboxylic acids is 1. The van der Waals surface area contributed by atoms with Crippen LogP contribution in [0.25, 0.3) is 0 Å². The number of carbonyl (C=O) groups excluding carboxylic acids is 1. The molecule has 7 heteroatoms. The van der Waals surface area contributed by atoms with Crippen LogP contribution in [-0.2, 0) is 16.0 Å². The minimum Gasteiger partial charge on any atom is -0.481 e. The van der Waals surface area contributed by atoms with Crippen LogP contribution < -0.4 is 0 Å². The van der Waals surface area contributed by atoms with Gasteiger partial charge in [-0.15, -0.1) is 0 Å². The summed E-state index contributed by atoms with van der Waals surface area (Å²) in [5, 5.41) is 13.2. The number of aromatic nitrogens is 2. The fraction of sp³-hybridized carbons (Fsp3) is 0.667. The lowest BCUT2D eigenvalue weighted by Gasteiger charge is -2.29. The summed E-state index contributed by atoms with van der Waals surface area (Å²) >= 11 is 0. The summed E-state index contributed by atoms with van der Waals surface area (Å²) in [7, 11) is 0. The largest absolute Gasteiger partial charge is 0.481 e. The zero-order valence-corrected chi connectivity index (χ0v) is 13.5. The number of hydrogen-bond acceptors (Lipinski definition) is 4. The molecular weight excluding hydrogens is 286 g/mol. The molecule has 1 aliphatic heterocycles. The molecule has 7 nitrogen and oxygen atoms in total. The van der Waals surface area contributed by atoms with Gasteiger partial charge < -0.3 is 9.84 Å². The lowest BCUT2D eigenvalue weighted by Crippen LogP contribution is -2.38. The molecule has 2 rings (SSSR count). The Morgan fingerprint density at radius 3 is 2.73 bits per heavy atom. The molecule has 1 unspecified atom stereocenters. The molecule has 1 saturated heterocycles. The molecule has 22 heavy (non-hydrogen) atoms. The molecule has 1 N–H and O–H groups in total. The number of rotatable bonds is 3. The predicted octanol–water partition coefficient (Wildman–Crippen LogP) is 2.35. The Kier molecular flexibility index (Phi) is 4.44. The van der Waals surface area contributed by atoms with Crippen LogP contribution in [-0.4, -0.2) is 44.0 Å². The van der Waals surface area contributed by atoms with Gasteiger partial charge in [0, 0.05) is 17.8 Å². The van der Waals surface area contributed by atoms with Gasteiger partial charge in [0.05, 0.1) is 12.6 Å². The van der Waals surface area contributed by atoms with Crippen molar-refractivity contribution in [3.8, 4) is 0 Å². The summed E-state index contributed by atoms with van der Waals surface area (Å²) < 4.78 is 7.17. The molecule has 0 bridgehead atoms. The predicted molar refractivity (Wildman–Crippen MR) is 79.5 cm³/mol. The van der Waals surface area contributed by atoms with Gasteiger partial charge in [-0.2, -0.15) is 5.10 Å². The van der Waals surface area contributed by atoms with E-state index in [0.717, 1.165) is 18.5 Å². The molecule has 1 fully saturated rings. The van der Waals surface area contributed by atoms with Gasteiger partial charge in [-0.25, -0.2) is 9.48 Å². The average Bonchev–Trinajstić information content (AvgIpc) is 2.95. The van der Waals surface area contributed by atoms with Crippen molar-refractivity contribution in [1.82, 2.24) is 14.7 Å². The second-order valence-corrected chi connectivity index (χ2v) is 6.57. The Morgan fingerprint density at radius 2 is 2.14 bits per heavy atom. The summed E-state index contributed by atoms with van der Waals surface area (Å²) in [6, 6.07) is 0. The van der Waals surface area contributed by atoms with Crippen LogP contribution in [0.15, 0.2) is 6.20 Å². The van der Waals surface area contributed by atoms with Crippen molar-refractivity contribution in [3.63, 3.8) is 0 Å². The van der Waals surface area contributed by atoms with Crippen molar-refractivity contribution in [2.24, 2.45) is 0 Å². The average molecular weight is 309 g/mol. The third-order valence-corrected chi connectivity index (χ3v) is 3.62. The Morgan fingerprint density at radius 1 is 1.45 bits per heavy atom. The maximum Gasteiger partial charge on any atom is 0.411 e. The molecule has 1 aromatic heterocycles. The van der Waals surface area contributed by atoms with Crippen molar-refractivity contribution in [2.45, 2.75) is 58.7 Å². The molecule has 1 aliphatic rings. The third-order valence-electron chi connectivity index (χ3n) is 3.62. The van der Waals surface area contributed by atoms with Crippen molar-refractivity contribution in [2.75, 3.05) is 6.54 Å². The highest BCUT2D eigenvalue weighted by Crippen LogP contribution is 2.30. The van der Waals surface area contributed by atoms with E-state index in [2.05, 4.69) is 5.10 Å². The first kappa shape index (κ1) is 16.3. The normalized spacial score (nSPS) is 18.5. The van der Waals surface area contributed by atoms with Crippen LogP contribution in [0, 0.1) is 6.92 Å². The summed E-state index contributed by atoms with van der Waals surface area (Å²) in [5.74, 6) is -0.891. The first-order valence-electron chi connectivity index (χ1n) is 7.43. The van der Waals surface area contributed by atoms with E-state index in [0.29, 0.717) is 12.1 Å². The van der Waals surface area contributed by atoms with Crippen molar-refractivity contribution in [1.29, 1.82) is 0 Å². The standard InChI is InChI=1S/C15H23N3O4/c1-10-11(8-13(19)20)9-16-18(10)12-6-5-7-17(12)14(21)22-15(2,3)4/h9,12H,5-8H2,1-4H3,(H,19,20).